The summed E-state index contributed by atoms with van der Waals surface area (Å²) in [7, 11) is 1.57. The van der Waals surface area contributed by atoms with E-state index in [1.165, 1.54) is 9.80 Å². The molecule has 0 radical (unpaired) electrons. The summed E-state index contributed by atoms with van der Waals surface area (Å²) in [4.78, 5) is 63.1. The van der Waals surface area contributed by atoms with E-state index in [9.17, 15) is 32.3 Å². The number of amides is 4. The van der Waals surface area contributed by atoms with E-state index in [0.717, 1.165) is 24.8 Å². The number of hydrogen-bond donors (Lipinski definition) is 2. The molecular formula is C42H48F3N5O6. The first-order valence-corrected chi connectivity index (χ1v) is 19.5. The maximum Gasteiger partial charge on any atom is 0.391 e. The van der Waals surface area contributed by atoms with Crippen LogP contribution in [0, 0.1) is 17.8 Å². The molecule has 56 heavy (non-hydrogen) atoms. The van der Waals surface area contributed by atoms with Crippen LogP contribution in [-0.2, 0) is 19.2 Å². The van der Waals surface area contributed by atoms with Gasteiger partial charge in [-0.25, -0.2) is 4.98 Å². The third-order valence-electron chi connectivity index (χ3n) is 11.9. The Morgan fingerprint density at radius 3 is 2.50 bits per heavy atom. The van der Waals surface area contributed by atoms with E-state index >= 15 is 0 Å². The first kappa shape index (κ1) is 39.1. The second-order valence-electron chi connectivity index (χ2n) is 15.5. The van der Waals surface area contributed by atoms with Crippen molar-refractivity contribution in [2.45, 2.75) is 88.1 Å². The van der Waals surface area contributed by atoms with Gasteiger partial charge in [0.05, 0.1) is 30.8 Å². The van der Waals surface area contributed by atoms with Gasteiger partial charge in [0.2, 0.25) is 23.6 Å². The van der Waals surface area contributed by atoms with Gasteiger partial charge in [0, 0.05) is 60.8 Å². The van der Waals surface area contributed by atoms with Crippen molar-refractivity contribution in [1.29, 1.82) is 0 Å². The molecule has 3 aromatic rings. The van der Waals surface area contributed by atoms with Crippen molar-refractivity contribution in [1.82, 2.24) is 20.1 Å². The van der Waals surface area contributed by atoms with Gasteiger partial charge in [-0.2, -0.15) is 13.2 Å². The summed E-state index contributed by atoms with van der Waals surface area (Å²) in [6.45, 7) is -0.0475. The van der Waals surface area contributed by atoms with Gasteiger partial charge in [-0.15, -0.1) is 0 Å². The van der Waals surface area contributed by atoms with Crippen LogP contribution in [0.5, 0.6) is 11.5 Å². The number of ether oxygens (including phenoxy) is 2. The van der Waals surface area contributed by atoms with Crippen LogP contribution in [0.4, 0.5) is 13.2 Å². The highest BCUT2D eigenvalue weighted by Gasteiger charge is 2.60. The molecule has 0 bridgehead atoms. The van der Waals surface area contributed by atoms with Crippen molar-refractivity contribution in [3.05, 3.63) is 66.7 Å². The van der Waals surface area contributed by atoms with Crippen LogP contribution in [0.1, 0.15) is 64.2 Å². The SMILES string of the molecule is COc1ccc2c(O[C@@H]3C[C@H]4C(=O)N[C@]5(C(N)=O)C[C@H]5/C=C\CCCCC[C@H](CC(=O)N5CCC(C(F)(F)F)CC5)C(=O)N4C3)cc(-c3ccccc3)nc2c1. The number of fused-ring (bicyclic) bond motifs is 3. The number of likely N-dealkylation sites (tertiary alicyclic amines) is 1. The normalized spacial score (nSPS) is 27.0. The van der Waals surface area contributed by atoms with Crippen LogP contribution >= 0.6 is 0 Å². The molecule has 3 fully saturated rings. The molecule has 11 nitrogen and oxygen atoms in total. The van der Waals surface area contributed by atoms with Crippen molar-refractivity contribution in [2.75, 3.05) is 26.7 Å². The highest BCUT2D eigenvalue weighted by molar-refractivity contribution is 5.97. The number of piperidine rings is 1. The van der Waals surface area contributed by atoms with E-state index in [-0.39, 0.29) is 57.1 Å². The maximum absolute atomic E-state index is 14.7. The molecule has 298 valence electrons. The largest absolute Gasteiger partial charge is 0.497 e. The van der Waals surface area contributed by atoms with Crippen molar-refractivity contribution in [2.24, 2.45) is 23.5 Å². The molecule has 1 aliphatic carbocycles. The first-order chi connectivity index (χ1) is 26.9. The van der Waals surface area contributed by atoms with Crippen molar-refractivity contribution in [3.63, 3.8) is 0 Å². The topological polar surface area (TPSA) is 144 Å². The van der Waals surface area contributed by atoms with Gasteiger partial charge < -0.3 is 30.3 Å². The van der Waals surface area contributed by atoms with E-state index in [4.69, 9.17) is 20.2 Å². The highest BCUT2D eigenvalue weighted by atomic mass is 19.4. The van der Waals surface area contributed by atoms with Crippen LogP contribution in [-0.4, -0.2) is 89.0 Å². The molecule has 1 saturated carbocycles. The number of nitrogens with one attached hydrogen (secondary N) is 1. The Hall–Kier alpha value is -5.14. The molecular weight excluding hydrogens is 727 g/mol. The maximum atomic E-state index is 14.7. The summed E-state index contributed by atoms with van der Waals surface area (Å²) in [5, 5.41) is 3.60. The number of primary amides is 1. The quantitative estimate of drug-likeness (QED) is 0.283. The van der Waals surface area contributed by atoms with Crippen molar-refractivity contribution in [3.8, 4) is 22.8 Å². The molecule has 7 rings (SSSR count). The number of benzene rings is 2. The number of aromatic nitrogens is 1. The van der Waals surface area contributed by atoms with Crippen LogP contribution in [0.2, 0.25) is 0 Å². The first-order valence-electron chi connectivity index (χ1n) is 19.5. The number of carbonyl (C=O) groups excluding carboxylic acids is 4. The van der Waals surface area contributed by atoms with E-state index < -0.39 is 53.4 Å². The molecule has 14 heteroatoms. The van der Waals surface area contributed by atoms with E-state index in [2.05, 4.69) is 5.32 Å². The predicted octanol–water partition coefficient (Wildman–Crippen LogP) is 5.95. The van der Waals surface area contributed by atoms with Gasteiger partial charge in [-0.3, -0.25) is 19.2 Å². The summed E-state index contributed by atoms with van der Waals surface area (Å²) in [6, 6.07) is 15.8. The Balaban J connectivity index is 1.19. The Morgan fingerprint density at radius 1 is 1.02 bits per heavy atom. The number of alkyl halides is 3. The second-order valence-corrected chi connectivity index (χ2v) is 15.5. The van der Waals surface area contributed by atoms with Crippen molar-refractivity contribution >= 4 is 34.5 Å². The zero-order valence-electron chi connectivity index (χ0n) is 31.4. The number of pyridine rings is 1. The Labute approximate surface area is 323 Å². The number of halogens is 3. The lowest BCUT2D eigenvalue weighted by Gasteiger charge is -2.34. The van der Waals surface area contributed by atoms with Crippen LogP contribution in [0.25, 0.3) is 22.2 Å². The molecule has 0 spiro atoms. The molecule has 4 amide bonds. The zero-order chi connectivity index (χ0) is 39.6. The molecule has 3 N–H and O–H groups in total. The molecule has 1 aromatic heterocycles. The predicted molar refractivity (Wildman–Crippen MR) is 202 cm³/mol. The number of nitrogens with zero attached hydrogens (tertiary/aromatic N) is 3. The van der Waals surface area contributed by atoms with Crippen LogP contribution < -0.4 is 20.5 Å². The van der Waals surface area contributed by atoms with Crippen molar-refractivity contribution < 1.29 is 41.8 Å². The number of nitrogens with two attached hydrogens (primary N) is 1. The fourth-order valence-corrected chi connectivity index (χ4v) is 8.46. The fourth-order valence-electron chi connectivity index (χ4n) is 8.46. The van der Waals surface area contributed by atoms with Gasteiger partial charge >= 0.3 is 6.18 Å². The molecule has 0 unspecified atom stereocenters. The summed E-state index contributed by atoms with van der Waals surface area (Å²) in [5.74, 6) is -3.41. The number of hydrogen-bond acceptors (Lipinski definition) is 7. The molecule has 3 aliphatic heterocycles. The molecule has 2 aromatic carbocycles. The summed E-state index contributed by atoms with van der Waals surface area (Å²) in [6.07, 6.45) is 2.17. The van der Waals surface area contributed by atoms with Gasteiger partial charge in [-0.05, 0) is 50.7 Å². The monoisotopic (exact) mass is 775 g/mol. The Morgan fingerprint density at radius 2 is 1.79 bits per heavy atom. The van der Waals surface area contributed by atoms with E-state index in [1.807, 2.05) is 54.6 Å². The zero-order valence-corrected chi connectivity index (χ0v) is 31.4. The van der Waals surface area contributed by atoms with Crippen LogP contribution in [0.3, 0.4) is 0 Å². The number of carbonyl (C=O) groups is 4. The molecule has 4 heterocycles. The summed E-state index contributed by atoms with van der Waals surface area (Å²) in [5.41, 5.74) is 6.72. The van der Waals surface area contributed by atoms with Gasteiger partial charge in [0.1, 0.15) is 29.2 Å². The average Bonchev–Trinajstić information content (AvgIpc) is 3.73. The number of rotatable bonds is 7. The minimum Gasteiger partial charge on any atom is -0.497 e. The smallest absolute Gasteiger partial charge is 0.391 e. The number of methoxy groups -OCH3 is 1. The number of allylic oxidation sites excluding steroid dienone is 1. The summed E-state index contributed by atoms with van der Waals surface area (Å²) >= 11 is 0. The van der Waals surface area contributed by atoms with Crippen LogP contribution in [0.15, 0.2) is 66.7 Å². The van der Waals surface area contributed by atoms with E-state index in [1.54, 1.807) is 19.2 Å². The van der Waals surface area contributed by atoms with E-state index in [0.29, 0.717) is 47.4 Å². The average molecular weight is 776 g/mol. The molecule has 5 atom stereocenters. The Bertz CT molecular complexity index is 1980. The fraction of sp³-hybridized carbons (Fsp3) is 0.500. The van der Waals surface area contributed by atoms with Gasteiger partial charge in [0.15, 0.2) is 0 Å². The van der Waals surface area contributed by atoms with Gasteiger partial charge in [-0.1, -0.05) is 55.3 Å². The Kier molecular flexibility index (Phi) is 11.3. The molecule has 4 aliphatic rings. The third kappa shape index (κ3) is 8.34. The third-order valence-corrected chi connectivity index (χ3v) is 11.9. The minimum atomic E-state index is -4.32. The lowest BCUT2D eigenvalue weighted by molar-refractivity contribution is -0.186. The standard InChI is InChI=1S/C42H48F3N5O6/c1-55-30-14-15-32-34(21-30)47-33(26-10-7-5-8-11-26)23-36(32)56-31-22-35-38(52)48-41(40(46)54)24-29(41)13-9-4-2-3-6-12-27(39(53)50(35)25-31)20-37(51)49-18-16-28(17-19-49)42(43,44)45/h5,7-11,13-15,21,23,27-29,31,35H,2-4,6,12,16-20,22,24-25H2,1H3,(H2,46,54)(H,48,52)/b13-9-/t27-,29-,31-,35+,41-/m1/s1. The summed E-state index contributed by atoms with van der Waals surface area (Å²) < 4.78 is 52.3. The van der Waals surface area contributed by atoms with Gasteiger partial charge in [0.25, 0.3) is 0 Å². The second kappa shape index (κ2) is 16.1. The lowest BCUT2D eigenvalue weighted by atomic mass is 9.92. The molecule has 2 saturated heterocycles. The highest BCUT2D eigenvalue weighted by Crippen LogP contribution is 2.45. The minimum absolute atomic E-state index is 0.0200. The lowest BCUT2D eigenvalue weighted by Crippen LogP contribution is -2.55.